The van der Waals surface area contributed by atoms with Crippen LogP contribution in [0.1, 0.15) is 31.2 Å². The van der Waals surface area contributed by atoms with E-state index < -0.39 is 0 Å². The Morgan fingerprint density at radius 1 is 1.16 bits per heavy atom. The summed E-state index contributed by atoms with van der Waals surface area (Å²) in [5.41, 5.74) is 3.46. The van der Waals surface area contributed by atoms with Crippen LogP contribution in [0.25, 0.3) is 11.4 Å². The summed E-state index contributed by atoms with van der Waals surface area (Å²) in [6, 6.07) is 3.88. The van der Waals surface area contributed by atoms with Crippen LogP contribution in [-0.2, 0) is 7.05 Å². The molecule has 1 aliphatic carbocycles. The normalized spacial score (nSPS) is 18.8. The van der Waals surface area contributed by atoms with Crippen molar-refractivity contribution in [2.75, 3.05) is 13.1 Å². The van der Waals surface area contributed by atoms with Crippen molar-refractivity contribution >= 4 is 24.8 Å². The molecule has 0 amide bonds. The van der Waals surface area contributed by atoms with Gasteiger partial charge in [-0.3, -0.25) is 4.68 Å². The largest absolute Gasteiger partial charge is 0.473 e. The zero-order valence-corrected chi connectivity index (χ0v) is 16.2. The summed E-state index contributed by atoms with van der Waals surface area (Å²) in [6.45, 7) is 4.32. The van der Waals surface area contributed by atoms with Gasteiger partial charge in [0.2, 0.25) is 5.88 Å². The van der Waals surface area contributed by atoms with Gasteiger partial charge in [0.05, 0.1) is 11.9 Å². The first-order valence-corrected chi connectivity index (χ1v) is 8.35. The Morgan fingerprint density at radius 3 is 2.44 bits per heavy atom. The molecule has 0 unspecified atom stereocenters. The van der Waals surface area contributed by atoms with Gasteiger partial charge in [-0.1, -0.05) is 0 Å². The lowest BCUT2D eigenvalue weighted by molar-refractivity contribution is -0.0371. The molecule has 1 saturated carbocycles. The summed E-state index contributed by atoms with van der Waals surface area (Å²) < 4.78 is 7.82. The zero-order valence-electron chi connectivity index (χ0n) is 14.6. The fourth-order valence-corrected chi connectivity index (χ4v) is 3.95. The summed E-state index contributed by atoms with van der Waals surface area (Å²) in [6.07, 6.45) is 6.99. The van der Waals surface area contributed by atoms with Gasteiger partial charge in [0.15, 0.2) is 0 Å². The van der Waals surface area contributed by atoms with Crippen LogP contribution in [0.4, 0.5) is 0 Å². The van der Waals surface area contributed by atoms with Crippen molar-refractivity contribution in [2.45, 2.75) is 38.7 Å². The number of aromatic nitrogens is 4. The fraction of sp³-hybridized carbons (Fsp3) is 0.588. The van der Waals surface area contributed by atoms with Gasteiger partial charge >= 0.3 is 0 Å². The maximum Gasteiger partial charge on any atom is 0.233 e. The van der Waals surface area contributed by atoms with Crippen LogP contribution >= 0.6 is 24.8 Å². The van der Waals surface area contributed by atoms with Gasteiger partial charge in [-0.25, -0.2) is 0 Å². The first-order valence-electron chi connectivity index (χ1n) is 8.35. The highest BCUT2D eigenvalue weighted by molar-refractivity contribution is 5.85. The van der Waals surface area contributed by atoms with E-state index in [-0.39, 0.29) is 24.8 Å². The molecule has 0 bridgehead atoms. The first-order chi connectivity index (χ1) is 11.2. The van der Waals surface area contributed by atoms with Crippen molar-refractivity contribution in [2.24, 2.45) is 12.5 Å². The van der Waals surface area contributed by atoms with Crippen LogP contribution in [0.2, 0.25) is 0 Å². The van der Waals surface area contributed by atoms with E-state index in [4.69, 9.17) is 4.74 Å². The maximum atomic E-state index is 5.99. The lowest BCUT2D eigenvalue weighted by Gasteiger charge is -2.49. The van der Waals surface area contributed by atoms with E-state index in [0.717, 1.165) is 42.9 Å². The Hall–Kier alpha value is -1.37. The minimum atomic E-state index is 0. The van der Waals surface area contributed by atoms with Crippen LogP contribution in [0.3, 0.4) is 0 Å². The van der Waals surface area contributed by atoms with E-state index in [1.54, 1.807) is 0 Å². The van der Waals surface area contributed by atoms with Crippen molar-refractivity contribution in [3.05, 3.63) is 23.9 Å². The van der Waals surface area contributed by atoms with Crippen molar-refractivity contribution in [1.29, 1.82) is 0 Å². The molecule has 0 aromatic carbocycles. The van der Waals surface area contributed by atoms with E-state index in [2.05, 4.69) is 20.6 Å². The van der Waals surface area contributed by atoms with Gasteiger partial charge in [0, 0.05) is 13.1 Å². The molecule has 1 N–H and O–H groups in total. The molecular formula is C17H25Cl2N5O. The SMILES string of the molecule is Cc1cnn(C)c1-c1ccc(OC2CC3(CCNCC3)C2)nn1.Cl.Cl. The number of nitrogens with one attached hydrogen (secondary N) is 1. The van der Waals surface area contributed by atoms with Gasteiger partial charge < -0.3 is 10.1 Å². The second-order valence-electron chi connectivity index (χ2n) is 6.95. The number of hydrogen-bond acceptors (Lipinski definition) is 5. The summed E-state index contributed by atoms with van der Waals surface area (Å²) in [5.74, 6) is 0.627. The number of hydrogen-bond donors (Lipinski definition) is 1. The standard InChI is InChI=1S/C17H23N5O.2ClH/c1-12-11-19-22(2)16(12)14-3-4-15(21-20-14)23-13-9-17(10-13)5-7-18-8-6-17;;/h3-4,11,13,18H,5-10H2,1-2H3;2*1H. The van der Waals surface area contributed by atoms with E-state index >= 15 is 0 Å². The lowest BCUT2D eigenvalue weighted by atomic mass is 9.62. The predicted octanol–water partition coefficient (Wildman–Crippen LogP) is 2.94. The van der Waals surface area contributed by atoms with Gasteiger partial charge in [-0.15, -0.1) is 35.0 Å². The average Bonchev–Trinajstić information content (AvgIpc) is 2.87. The van der Waals surface area contributed by atoms with Gasteiger partial charge in [-0.05, 0) is 62.7 Å². The Balaban J connectivity index is 0.00000113. The molecule has 4 rings (SSSR count). The third kappa shape index (κ3) is 3.91. The number of halogens is 2. The molecule has 1 aliphatic heterocycles. The molecule has 2 aliphatic rings. The number of rotatable bonds is 3. The summed E-state index contributed by atoms with van der Waals surface area (Å²) in [7, 11) is 1.92. The Labute approximate surface area is 160 Å². The molecule has 1 spiro atoms. The average molecular weight is 386 g/mol. The molecule has 138 valence electrons. The lowest BCUT2D eigenvalue weighted by Crippen LogP contribution is -2.49. The molecule has 3 heterocycles. The Bertz CT molecular complexity index is 670. The second kappa shape index (κ2) is 7.89. The van der Waals surface area contributed by atoms with Crippen LogP contribution in [-0.4, -0.2) is 39.2 Å². The van der Waals surface area contributed by atoms with E-state index in [0.29, 0.717) is 17.4 Å². The van der Waals surface area contributed by atoms with Crippen LogP contribution in [0.15, 0.2) is 18.3 Å². The van der Waals surface area contributed by atoms with Crippen molar-refractivity contribution in [3.63, 3.8) is 0 Å². The summed E-state index contributed by atoms with van der Waals surface area (Å²) >= 11 is 0. The Morgan fingerprint density at radius 2 is 1.88 bits per heavy atom. The highest BCUT2D eigenvalue weighted by atomic mass is 35.5. The smallest absolute Gasteiger partial charge is 0.233 e. The molecule has 6 nitrogen and oxygen atoms in total. The van der Waals surface area contributed by atoms with Crippen molar-refractivity contribution in [1.82, 2.24) is 25.3 Å². The number of aryl methyl sites for hydroxylation is 2. The Kier molecular flexibility index (Phi) is 6.30. The zero-order chi connectivity index (χ0) is 15.9. The molecule has 8 heteroatoms. The van der Waals surface area contributed by atoms with E-state index in [1.165, 1.54) is 12.8 Å². The third-order valence-electron chi connectivity index (χ3n) is 5.28. The number of ether oxygens (including phenoxy) is 1. The molecule has 1 saturated heterocycles. The van der Waals surface area contributed by atoms with Crippen LogP contribution in [0.5, 0.6) is 5.88 Å². The highest BCUT2D eigenvalue weighted by Gasteiger charge is 2.45. The monoisotopic (exact) mass is 385 g/mol. The summed E-state index contributed by atoms with van der Waals surface area (Å²) in [4.78, 5) is 0. The molecule has 25 heavy (non-hydrogen) atoms. The quantitative estimate of drug-likeness (QED) is 0.879. The van der Waals surface area contributed by atoms with Gasteiger partial charge in [-0.2, -0.15) is 5.10 Å². The van der Waals surface area contributed by atoms with E-state index in [1.807, 2.05) is 37.0 Å². The molecule has 2 aromatic heterocycles. The third-order valence-corrected chi connectivity index (χ3v) is 5.28. The number of piperidine rings is 1. The topological polar surface area (TPSA) is 64.9 Å². The van der Waals surface area contributed by atoms with Crippen LogP contribution in [0, 0.1) is 12.3 Å². The summed E-state index contributed by atoms with van der Waals surface area (Å²) in [5, 5.41) is 16.2. The molecule has 0 radical (unpaired) electrons. The van der Waals surface area contributed by atoms with Crippen LogP contribution < -0.4 is 10.1 Å². The molecular weight excluding hydrogens is 361 g/mol. The van der Waals surface area contributed by atoms with Gasteiger partial charge in [0.1, 0.15) is 11.8 Å². The minimum Gasteiger partial charge on any atom is -0.473 e. The molecule has 0 atom stereocenters. The molecule has 2 fully saturated rings. The van der Waals surface area contributed by atoms with Crippen molar-refractivity contribution < 1.29 is 4.74 Å². The molecule has 2 aromatic rings. The second-order valence-corrected chi connectivity index (χ2v) is 6.95. The predicted molar refractivity (Wildman–Crippen MR) is 102 cm³/mol. The first kappa shape index (κ1) is 19.9. The van der Waals surface area contributed by atoms with Crippen molar-refractivity contribution in [3.8, 4) is 17.3 Å². The van der Waals surface area contributed by atoms with Gasteiger partial charge in [0.25, 0.3) is 0 Å². The fourth-order valence-electron chi connectivity index (χ4n) is 3.95. The van der Waals surface area contributed by atoms with E-state index in [9.17, 15) is 0 Å². The highest BCUT2D eigenvalue weighted by Crippen LogP contribution is 2.49. The number of nitrogens with zero attached hydrogens (tertiary/aromatic N) is 4. The minimum absolute atomic E-state index is 0. The maximum absolute atomic E-state index is 5.99.